The molecule has 2 saturated carbocycles. The molecule has 0 radical (unpaired) electrons. The third-order valence-corrected chi connectivity index (χ3v) is 8.50. The number of benzene rings is 1. The molecule has 2 aliphatic rings. The van der Waals surface area contributed by atoms with Gasteiger partial charge in [0.2, 0.25) is 0 Å². The van der Waals surface area contributed by atoms with Crippen LogP contribution in [-0.2, 0) is 0 Å². The average Bonchev–Trinajstić information content (AvgIpc) is 2.85. The summed E-state index contributed by atoms with van der Waals surface area (Å²) in [5, 5.41) is 20.1. The first-order valence-electron chi connectivity index (χ1n) is 13.7. The van der Waals surface area contributed by atoms with Gasteiger partial charge in [-0.05, 0) is 86.2 Å². The fraction of sp³-hybridized carbons (Fsp3) is 0.733. The van der Waals surface area contributed by atoms with E-state index in [1.807, 2.05) is 0 Å². The Kier molecular flexibility index (Phi) is 10.1. The van der Waals surface area contributed by atoms with Gasteiger partial charge in [0, 0.05) is 0 Å². The van der Waals surface area contributed by atoms with E-state index >= 15 is 0 Å². The fourth-order valence-corrected chi connectivity index (χ4v) is 6.43. The standard InChI is InChI=1S/C30H44N2/c1-3-5-7-8-10-24-13-17-26(18-14-24)28-20-19-27(29(21-31)30(28)22-32)25-15-11-23(12-16-25)9-6-4-2/h19-20,23-26H,3-18H2,1-2H3/t23-,24-,25-,26-. The molecule has 0 bridgehead atoms. The van der Waals surface area contributed by atoms with Crippen LogP contribution in [-0.4, -0.2) is 0 Å². The van der Waals surface area contributed by atoms with Crippen molar-refractivity contribution in [2.75, 3.05) is 0 Å². The molecule has 32 heavy (non-hydrogen) atoms. The highest BCUT2D eigenvalue weighted by Gasteiger charge is 2.29. The molecule has 0 N–H and O–H groups in total. The minimum absolute atomic E-state index is 0.461. The summed E-state index contributed by atoms with van der Waals surface area (Å²) in [5.74, 6) is 2.65. The van der Waals surface area contributed by atoms with Crippen molar-refractivity contribution in [2.24, 2.45) is 11.8 Å². The second-order valence-corrected chi connectivity index (χ2v) is 10.6. The van der Waals surface area contributed by atoms with Gasteiger partial charge in [-0.25, -0.2) is 0 Å². The van der Waals surface area contributed by atoms with Crippen LogP contribution in [0.15, 0.2) is 12.1 Å². The molecule has 0 aromatic heterocycles. The van der Waals surface area contributed by atoms with Gasteiger partial charge in [-0.1, -0.05) is 77.3 Å². The van der Waals surface area contributed by atoms with E-state index in [1.165, 1.54) is 103 Å². The summed E-state index contributed by atoms with van der Waals surface area (Å²) in [7, 11) is 0. The highest BCUT2D eigenvalue weighted by atomic mass is 14.4. The van der Waals surface area contributed by atoms with E-state index in [-0.39, 0.29) is 0 Å². The fourth-order valence-electron chi connectivity index (χ4n) is 6.43. The minimum atomic E-state index is 0.461. The largest absolute Gasteiger partial charge is 0.192 e. The third-order valence-electron chi connectivity index (χ3n) is 8.50. The van der Waals surface area contributed by atoms with E-state index in [2.05, 4.69) is 38.1 Å². The molecule has 2 nitrogen and oxygen atoms in total. The summed E-state index contributed by atoms with van der Waals surface area (Å²) in [4.78, 5) is 0. The first kappa shape index (κ1) is 24.8. The molecule has 2 aliphatic carbocycles. The summed E-state index contributed by atoms with van der Waals surface area (Å²) < 4.78 is 0. The van der Waals surface area contributed by atoms with Crippen molar-refractivity contribution >= 4 is 0 Å². The van der Waals surface area contributed by atoms with Crippen molar-refractivity contribution in [2.45, 2.75) is 128 Å². The van der Waals surface area contributed by atoms with Gasteiger partial charge in [-0.2, -0.15) is 10.5 Å². The molecule has 2 heteroatoms. The minimum Gasteiger partial charge on any atom is -0.192 e. The van der Waals surface area contributed by atoms with Crippen molar-refractivity contribution in [3.63, 3.8) is 0 Å². The second kappa shape index (κ2) is 13.0. The van der Waals surface area contributed by atoms with Gasteiger partial charge >= 0.3 is 0 Å². The second-order valence-electron chi connectivity index (χ2n) is 10.6. The van der Waals surface area contributed by atoms with Gasteiger partial charge in [0.15, 0.2) is 0 Å². The maximum absolute atomic E-state index is 10.0. The molecule has 0 amide bonds. The lowest BCUT2D eigenvalue weighted by molar-refractivity contribution is 0.301. The third kappa shape index (κ3) is 6.38. The number of hydrogen-bond acceptors (Lipinski definition) is 2. The zero-order valence-electron chi connectivity index (χ0n) is 20.7. The molecule has 3 rings (SSSR count). The molecule has 0 heterocycles. The predicted molar refractivity (Wildman–Crippen MR) is 134 cm³/mol. The lowest BCUT2D eigenvalue weighted by atomic mass is 9.72. The average molecular weight is 433 g/mol. The Bertz CT molecular complexity index is 780. The van der Waals surface area contributed by atoms with Crippen LogP contribution in [0.5, 0.6) is 0 Å². The Morgan fingerprint density at radius 1 is 0.625 bits per heavy atom. The predicted octanol–water partition coefficient (Wildman–Crippen LogP) is 9.14. The van der Waals surface area contributed by atoms with Crippen LogP contribution in [0.3, 0.4) is 0 Å². The van der Waals surface area contributed by atoms with Gasteiger partial charge < -0.3 is 0 Å². The van der Waals surface area contributed by atoms with Crippen LogP contribution in [0.2, 0.25) is 0 Å². The lowest BCUT2D eigenvalue weighted by Gasteiger charge is -2.31. The first-order valence-corrected chi connectivity index (χ1v) is 13.7. The highest BCUT2D eigenvalue weighted by molar-refractivity contribution is 5.56. The van der Waals surface area contributed by atoms with E-state index in [1.54, 1.807) is 0 Å². The Morgan fingerprint density at radius 3 is 1.47 bits per heavy atom. The van der Waals surface area contributed by atoms with Crippen LogP contribution < -0.4 is 0 Å². The van der Waals surface area contributed by atoms with Crippen LogP contribution >= 0.6 is 0 Å². The van der Waals surface area contributed by atoms with E-state index in [0.29, 0.717) is 23.0 Å². The van der Waals surface area contributed by atoms with Crippen LogP contribution in [0.4, 0.5) is 0 Å². The Hall–Kier alpha value is -1.80. The van der Waals surface area contributed by atoms with Gasteiger partial charge in [-0.3, -0.25) is 0 Å². The topological polar surface area (TPSA) is 47.6 Å². The van der Waals surface area contributed by atoms with E-state index in [4.69, 9.17) is 0 Å². The van der Waals surface area contributed by atoms with Gasteiger partial charge in [0.05, 0.1) is 11.1 Å². The normalized spacial score (nSPS) is 25.8. The van der Waals surface area contributed by atoms with Crippen molar-refractivity contribution in [3.8, 4) is 12.1 Å². The summed E-state index contributed by atoms with van der Waals surface area (Å²) in [6.07, 6.45) is 20.6. The van der Waals surface area contributed by atoms with Crippen molar-refractivity contribution in [1.29, 1.82) is 10.5 Å². The molecule has 0 atom stereocenters. The summed E-state index contributed by atoms with van der Waals surface area (Å²) >= 11 is 0. The lowest BCUT2D eigenvalue weighted by Crippen LogP contribution is -2.17. The van der Waals surface area contributed by atoms with Crippen LogP contribution in [0, 0.1) is 34.5 Å². The first-order chi connectivity index (χ1) is 15.7. The molecular weight excluding hydrogens is 388 g/mol. The van der Waals surface area contributed by atoms with Crippen molar-refractivity contribution < 1.29 is 0 Å². The molecule has 2 fully saturated rings. The summed E-state index contributed by atoms with van der Waals surface area (Å²) in [5.41, 5.74) is 3.72. The van der Waals surface area contributed by atoms with E-state index < -0.39 is 0 Å². The van der Waals surface area contributed by atoms with Crippen LogP contribution in [0.25, 0.3) is 0 Å². The Labute approximate surface area is 197 Å². The van der Waals surface area contributed by atoms with E-state index in [9.17, 15) is 10.5 Å². The van der Waals surface area contributed by atoms with E-state index in [0.717, 1.165) is 23.0 Å². The highest BCUT2D eigenvalue weighted by Crippen LogP contribution is 2.43. The molecule has 1 aromatic carbocycles. The molecule has 0 aliphatic heterocycles. The molecule has 0 unspecified atom stereocenters. The molecule has 174 valence electrons. The summed E-state index contributed by atoms with van der Waals surface area (Å²) in [6.45, 7) is 4.55. The number of rotatable bonds is 10. The summed E-state index contributed by atoms with van der Waals surface area (Å²) in [6, 6.07) is 9.38. The zero-order valence-corrected chi connectivity index (χ0v) is 20.7. The maximum Gasteiger partial charge on any atom is 0.101 e. The number of unbranched alkanes of at least 4 members (excludes halogenated alkanes) is 4. The monoisotopic (exact) mass is 432 g/mol. The maximum atomic E-state index is 10.0. The van der Waals surface area contributed by atoms with Crippen LogP contribution in [0.1, 0.15) is 151 Å². The molecule has 1 aromatic rings. The quantitative estimate of drug-likeness (QED) is 0.346. The number of hydrogen-bond donors (Lipinski definition) is 0. The SMILES string of the molecule is CCCCCC[C@H]1CC[C@H](c2ccc([C@H]3CC[C@H](CCCC)CC3)c(C#N)c2C#N)CC1. The Balaban J connectivity index is 1.65. The molecule has 0 spiro atoms. The Morgan fingerprint density at radius 2 is 1.06 bits per heavy atom. The van der Waals surface area contributed by atoms with Gasteiger partial charge in [0.1, 0.15) is 12.1 Å². The smallest absolute Gasteiger partial charge is 0.101 e. The van der Waals surface area contributed by atoms with Gasteiger partial charge in [-0.15, -0.1) is 0 Å². The number of nitrogens with zero attached hydrogens (tertiary/aromatic N) is 2. The van der Waals surface area contributed by atoms with Crippen molar-refractivity contribution in [1.82, 2.24) is 0 Å². The number of nitriles is 2. The van der Waals surface area contributed by atoms with Crippen molar-refractivity contribution in [3.05, 3.63) is 34.4 Å². The van der Waals surface area contributed by atoms with Gasteiger partial charge in [0.25, 0.3) is 0 Å². The molecular formula is C30H44N2. The zero-order chi connectivity index (χ0) is 22.8. The molecule has 0 saturated heterocycles.